The topological polar surface area (TPSA) is 66.4 Å². The molecular formula is C6H11KO4S. The van der Waals surface area contributed by atoms with Gasteiger partial charge in [-0.1, -0.05) is 6.08 Å². The summed E-state index contributed by atoms with van der Waals surface area (Å²) < 4.78 is 35.0. The van der Waals surface area contributed by atoms with Gasteiger partial charge in [-0.25, -0.2) is 8.42 Å². The van der Waals surface area contributed by atoms with E-state index >= 15 is 0 Å². The van der Waals surface area contributed by atoms with Crippen LogP contribution >= 0.6 is 0 Å². The molecule has 6 heteroatoms. The largest absolute Gasteiger partial charge is 1.00 e. The summed E-state index contributed by atoms with van der Waals surface area (Å²) in [5.41, 5.74) is 0. The molecule has 0 aliphatic rings. The standard InChI is InChI=1S/C6H12O4S.K/c1-2-4-10-5-3-6-11(7,8)9;/h2H,1,3-6H2,(H,7,8,9);/q;+1/p-1. The van der Waals surface area contributed by atoms with E-state index < -0.39 is 10.1 Å². The first-order chi connectivity index (χ1) is 5.06. The molecule has 0 N–H and O–H groups in total. The SMILES string of the molecule is C=CCOCCCS(=O)(=O)[O-].[K+]. The molecule has 0 bridgehead atoms. The molecule has 0 aliphatic carbocycles. The summed E-state index contributed by atoms with van der Waals surface area (Å²) in [7, 11) is -4.07. The Morgan fingerprint density at radius 2 is 2.08 bits per heavy atom. The molecule has 0 saturated heterocycles. The van der Waals surface area contributed by atoms with Crippen LogP contribution in [-0.4, -0.2) is 31.9 Å². The quantitative estimate of drug-likeness (QED) is 0.208. The van der Waals surface area contributed by atoms with Crippen LogP contribution in [0.3, 0.4) is 0 Å². The van der Waals surface area contributed by atoms with Gasteiger partial charge in [-0.3, -0.25) is 0 Å². The van der Waals surface area contributed by atoms with Gasteiger partial charge in [0.25, 0.3) is 0 Å². The zero-order valence-corrected chi connectivity index (χ0v) is 11.1. The monoisotopic (exact) mass is 218 g/mol. The minimum Gasteiger partial charge on any atom is -0.748 e. The third-order valence-corrected chi connectivity index (χ3v) is 1.71. The van der Waals surface area contributed by atoms with E-state index in [0.717, 1.165) is 0 Å². The van der Waals surface area contributed by atoms with Crippen molar-refractivity contribution in [1.82, 2.24) is 0 Å². The first-order valence-electron chi connectivity index (χ1n) is 3.18. The Morgan fingerprint density at radius 1 is 1.50 bits per heavy atom. The second-order valence-electron chi connectivity index (χ2n) is 1.98. The van der Waals surface area contributed by atoms with E-state index in [2.05, 4.69) is 6.58 Å². The van der Waals surface area contributed by atoms with Gasteiger partial charge < -0.3 is 9.29 Å². The number of ether oxygens (including phenoxy) is 1. The van der Waals surface area contributed by atoms with E-state index in [4.69, 9.17) is 4.74 Å². The summed E-state index contributed by atoms with van der Waals surface area (Å²) in [5, 5.41) is 0. The van der Waals surface area contributed by atoms with E-state index in [-0.39, 0.29) is 70.2 Å². The average Bonchev–Trinajstić information content (AvgIpc) is 1.85. The van der Waals surface area contributed by atoms with Crippen molar-refractivity contribution in [3.8, 4) is 0 Å². The Morgan fingerprint density at radius 3 is 2.50 bits per heavy atom. The smallest absolute Gasteiger partial charge is 0.748 e. The molecule has 0 aromatic carbocycles. The van der Waals surface area contributed by atoms with Gasteiger partial charge in [0.05, 0.1) is 16.7 Å². The van der Waals surface area contributed by atoms with Gasteiger partial charge in [0.1, 0.15) is 0 Å². The van der Waals surface area contributed by atoms with Crippen LogP contribution in [-0.2, 0) is 14.9 Å². The summed E-state index contributed by atoms with van der Waals surface area (Å²) in [4.78, 5) is 0. The normalized spacial score (nSPS) is 10.4. The van der Waals surface area contributed by atoms with Crippen LogP contribution in [0, 0.1) is 0 Å². The van der Waals surface area contributed by atoms with Gasteiger partial charge in [-0.2, -0.15) is 0 Å². The number of hydrogen-bond acceptors (Lipinski definition) is 4. The van der Waals surface area contributed by atoms with Crippen LogP contribution in [0.15, 0.2) is 12.7 Å². The maximum atomic E-state index is 10.0. The van der Waals surface area contributed by atoms with Gasteiger partial charge in [-0.15, -0.1) is 6.58 Å². The molecule has 0 atom stereocenters. The van der Waals surface area contributed by atoms with Crippen LogP contribution < -0.4 is 51.4 Å². The Bertz CT molecular complexity index is 200. The van der Waals surface area contributed by atoms with Crippen LogP contribution in [0.4, 0.5) is 0 Å². The summed E-state index contributed by atoms with van der Waals surface area (Å²) in [6.45, 7) is 4.08. The van der Waals surface area contributed by atoms with E-state index in [0.29, 0.717) is 6.61 Å². The predicted molar refractivity (Wildman–Crippen MR) is 40.2 cm³/mol. The van der Waals surface area contributed by atoms with E-state index in [1.54, 1.807) is 6.08 Å². The molecule has 0 fully saturated rings. The third-order valence-electron chi connectivity index (χ3n) is 0.919. The second kappa shape index (κ2) is 8.83. The van der Waals surface area contributed by atoms with Crippen LogP contribution in [0.1, 0.15) is 6.42 Å². The molecule has 0 unspecified atom stereocenters. The molecule has 0 aromatic heterocycles. The Kier molecular flexibility index (Phi) is 11.6. The Balaban J connectivity index is 0. The van der Waals surface area contributed by atoms with Crippen molar-refractivity contribution in [3.63, 3.8) is 0 Å². The average molecular weight is 218 g/mol. The fourth-order valence-corrected chi connectivity index (χ4v) is 0.976. The van der Waals surface area contributed by atoms with Gasteiger partial charge >= 0.3 is 51.4 Å². The van der Waals surface area contributed by atoms with Gasteiger partial charge in [0, 0.05) is 12.4 Å². The van der Waals surface area contributed by atoms with Crippen molar-refractivity contribution in [3.05, 3.63) is 12.7 Å². The molecule has 12 heavy (non-hydrogen) atoms. The van der Waals surface area contributed by atoms with Crippen LogP contribution in [0.5, 0.6) is 0 Å². The zero-order chi connectivity index (χ0) is 8.74. The van der Waals surface area contributed by atoms with Crippen molar-refractivity contribution >= 4 is 10.1 Å². The van der Waals surface area contributed by atoms with Gasteiger partial charge in [0.15, 0.2) is 0 Å². The van der Waals surface area contributed by atoms with Gasteiger partial charge in [0.2, 0.25) is 0 Å². The van der Waals surface area contributed by atoms with E-state index in [1.165, 1.54) is 0 Å². The van der Waals surface area contributed by atoms with Crippen molar-refractivity contribution in [2.24, 2.45) is 0 Å². The fraction of sp³-hybridized carbons (Fsp3) is 0.667. The Labute approximate surface area is 116 Å². The fourth-order valence-electron chi connectivity index (χ4n) is 0.504. The maximum Gasteiger partial charge on any atom is 1.00 e. The van der Waals surface area contributed by atoms with Crippen molar-refractivity contribution in [2.75, 3.05) is 19.0 Å². The first kappa shape index (κ1) is 15.7. The Hall–Kier alpha value is 1.25. The summed E-state index contributed by atoms with van der Waals surface area (Å²) >= 11 is 0. The zero-order valence-electron chi connectivity index (χ0n) is 7.15. The summed E-state index contributed by atoms with van der Waals surface area (Å²) in [6, 6.07) is 0. The minimum absolute atomic E-state index is 0. The molecule has 0 heterocycles. The van der Waals surface area contributed by atoms with E-state index in [1.807, 2.05) is 0 Å². The number of hydrogen-bond donors (Lipinski definition) is 0. The molecule has 0 aliphatic heterocycles. The maximum absolute atomic E-state index is 10.0. The summed E-state index contributed by atoms with van der Waals surface area (Å²) in [6.07, 6.45) is 1.81. The van der Waals surface area contributed by atoms with E-state index in [9.17, 15) is 13.0 Å². The number of rotatable bonds is 6. The van der Waals surface area contributed by atoms with Crippen molar-refractivity contribution in [2.45, 2.75) is 6.42 Å². The second-order valence-corrected chi connectivity index (χ2v) is 3.50. The van der Waals surface area contributed by atoms with Crippen LogP contribution in [0.25, 0.3) is 0 Å². The molecule has 0 amide bonds. The molecular weight excluding hydrogens is 207 g/mol. The molecule has 4 nitrogen and oxygen atoms in total. The molecule has 0 aromatic rings. The van der Waals surface area contributed by atoms with Crippen molar-refractivity contribution in [1.29, 1.82) is 0 Å². The molecule has 0 radical (unpaired) electrons. The molecule has 0 rings (SSSR count). The molecule has 0 saturated carbocycles. The molecule has 0 spiro atoms. The predicted octanol–water partition coefficient (Wildman–Crippen LogP) is -2.87. The minimum atomic E-state index is -4.07. The van der Waals surface area contributed by atoms with Gasteiger partial charge in [-0.05, 0) is 6.42 Å². The van der Waals surface area contributed by atoms with Crippen LogP contribution in [0.2, 0.25) is 0 Å². The summed E-state index contributed by atoms with van der Waals surface area (Å²) in [5.74, 6) is -0.357. The third kappa shape index (κ3) is 13.8. The van der Waals surface area contributed by atoms with Crippen molar-refractivity contribution < 1.29 is 69.1 Å². The molecule has 66 valence electrons. The first-order valence-corrected chi connectivity index (χ1v) is 4.76.